The molecule has 2 aromatic rings. The molecular formula is C16H19ClN4O. The number of H-pyrrole nitrogens is 1. The van der Waals surface area contributed by atoms with Gasteiger partial charge in [0.25, 0.3) is 5.91 Å². The first kappa shape index (κ1) is 15.1. The molecule has 2 N–H and O–H groups in total. The van der Waals surface area contributed by atoms with Crippen molar-refractivity contribution in [2.75, 3.05) is 26.7 Å². The smallest absolute Gasteiger partial charge is 0.257 e. The Bertz CT molecular complexity index is 670. The van der Waals surface area contributed by atoms with Gasteiger partial charge in [-0.15, -0.1) is 0 Å². The van der Waals surface area contributed by atoms with Crippen molar-refractivity contribution in [1.82, 2.24) is 20.4 Å². The van der Waals surface area contributed by atoms with Gasteiger partial charge in [-0.1, -0.05) is 29.8 Å². The summed E-state index contributed by atoms with van der Waals surface area (Å²) in [5.74, 6) is 0.534. The Morgan fingerprint density at radius 1 is 1.50 bits per heavy atom. The van der Waals surface area contributed by atoms with Gasteiger partial charge in [-0.3, -0.25) is 9.89 Å². The fourth-order valence-electron chi connectivity index (χ4n) is 2.96. The molecule has 1 aromatic carbocycles. The Morgan fingerprint density at radius 2 is 2.32 bits per heavy atom. The summed E-state index contributed by atoms with van der Waals surface area (Å²) in [6.07, 6.45) is 2.62. The van der Waals surface area contributed by atoms with Crippen molar-refractivity contribution in [3.63, 3.8) is 0 Å². The molecule has 0 radical (unpaired) electrons. The van der Waals surface area contributed by atoms with Gasteiger partial charge >= 0.3 is 0 Å². The van der Waals surface area contributed by atoms with Gasteiger partial charge in [0, 0.05) is 23.7 Å². The van der Waals surface area contributed by atoms with Crippen molar-refractivity contribution >= 4 is 17.5 Å². The van der Waals surface area contributed by atoms with Crippen LogP contribution in [0, 0.1) is 5.92 Å². The molecule has 1 atom stereocenters. The maximum absolute atomic E-state index is 12.8. The third-order valence-electron chi connectivity index (χ3n) is 4.08. The van der Waals surface area contributed by atoms with Crippen LogP contribution in [0.3, 0.4) is 0 Å². The van der Waals surface area contributed by atoms with E-state index in [2.05, 4.69) is 15.5 Å². The number of hydrogen-bond acceptors (Lipinski definition) is 3. The lowest BCUT2D eigenvalue weighted by Gasteiger charge is -2.16. The number of benzene rings is 1. The summed E-state index contributed by atoms with van der Waals surface area (Å²) in [6.45, 7) is 2.51. The van der Waals surface area contributed by atoms with Gasteiger partial charge in [-0.2, -0.15) is 5.10 Å². The van der Waals surface area contributed by atoms with Crippen LogP contribution in [-0.2, 0) is 0 Å². The van der Waals surface area contributed by atoms with Crippen molar-refractivity contribution in [3.8, 4) is 11.3 Å². The summed E-state index contributed by atoms with van der Waals surface area (Å²) in [4.78, 5) is 14.7. The van der Waals surface area contributed by atoms with Gasteiger partial charge in [0.2, 0.25) is 0 Å². The maximum Gasteiger partial charge on any atom is 0.257 e. The quantitative estimate of drug-likeness (QED) is 0.910. The number of hydrogen-bond donors (Lipinski definition) is 2. The highest BCUT2D eigenvalue weighted by Crippen LogP contribution is 2.30. The summed E-state index contributed by atoms with van der Waals surface area (Å²) in [7, 11) is 1.94. The molecule has 2 heterocycles. The van der Waals surface area contributed by atoms with Crippen LogP contribution in [0.1, 0.15) is 16.8 Å². The molecule has 1 aliphatic heterocycles. The Morgan fingerprint density at radius 3 is 3.09 bits per heavy atom. The summed E-state index contributed by atoms with van der Waals surface area (Å²) in [5.41, 5.74) is 2.07. The zero-order valence-electron chi connectivity index (χ0n) is 12.5. The number of aromatic nitrogens is 2. The lowest BCUT2D eigenvalue weighted by Crippen LogP contribution is -2.30. The van der Waals surface area contributed by atoms with E-state index >= 15 is 0 Å². The number of amides is 1. The van der Waals surface area contributed by atoms with Gasteiger partial charge in [0.05, 0.1) is 17.5 Å². The molecule has 1 aliphatic rings. The van der Waals surface area contributed by atoms with Gasteiger partial charge in [0.15, 0.2) is 0 Å². The van der Waals surface area contributed by atoms with E-state index in [1.165, 1.54) is 0 Å². The molecule has 0 unspecified atom stereocenters. The molecule has 0 spiro atoms. The SMILES string of the molecule is CNC[C@@H]1CCN(C(=O)c2cn[nH]c2-c2ccccc2Cl)C1. The second-order valence-electron chi connectivity index (χ2n) is 5.60. The maximum atomic E-state index is 12.8. The highest BCUT2D eigenvalue weighted by molar-refractivity contribution is 6.33. The number of likely N-dealkylation sites (tertiary alicyclic amines) is 1. The first-order chi connectivity index (χ1) is 10.7. The van der Waals surface area contributed by atoms with Crippen molar-refractivity contribution in [2.45, 2.75) is 6.42 Å². The molecule has 1 amide bonds. The first-order valence-electron chi connectivity index (χ1n) is 7.43. The molecule has 22 heavy (non-hydrogen) atoms. The molecule has 0 aliphatic carbocycles. The monoisotopic (exact) mass is 318 g/mol. The molecule has 6 heteroatoms. The zero-order valence-corrected chi connectivity index (χ0v) is 13.2. The van der Waals surface area contributed by atoms with Crippen LogP contribution in [0.2, 0.25) is 5.02 Å². The molecule has 3 rings (SSSR count). The van der Waals surface area contributed by atoms with Crippen molar-refractivity contribution in [3.05, 3.63) is 41.0 Å². The van der Waals surface area contributed by atoms with Crippen molar-refractivity contribution < 1.29 is 4.79 Å². The van der Waals surface area contributed by atoms with Gasteiger partial charge in [-0.05, 0) is 32.0 Å². The minimum Gasteiger partial charge on any atom is -0.338 e. The molecule has 116 valence electrons. The first-order valence-corrected chi connectivity index (χ1v) is 7.80. The van der Waals surface area contributed by atoms with E-state index in [0.717, 1.165) is 31.6 Å². The number of halogens is 1. The largest absolute Gasteiger partial charge is 0.338 e. The Balaban J connectivity index is 1.84. The third kappa shape index (κ3) is 2.87. The summed E-state index contributed by atoms with van der Waals surface area (Å²) >= 11 is 6.24. The molecule has 0 saturated carbocycles. The topological polar surface area (TPSA) is 61.0 Å². The Labute approximate surface area is 134 Å². The lowest BCUT2D eigenvalue weighted by atomic mass is 10.1. The van der Waals surface area contributed by atoms with Crippen LogP contribution in [0.15, 0.2) is 30.5 Å². The summed E-state index contributed by atoms with van der Waals surface area (Å²) in [5, 5.41) is 10.7. The summed E-state index contributed by atoms with van der Waals surface area (Å²) < 4.78 is 0. The van der Waals surface area contributed by atoms with E-state index in [1.807, 2.05) is 36.2 Å². The third-order valence-corrected chi connectivity index (χ3v) is 4.41. The minimum absolute atomic E-state index is 0.0160. The van der Waals surface area contributed by atoms with Crippen LogP contribution in [0.5, 0.6) is 0 Å². The van der Waals surface area contributed by atoms with E-state index < -0.39 is 0 Å². The normalized spacial score (nSPS) is 17.9. The predicted molar refractivity (Wildman–Crippen MR) is 87.0 cm³/mol. The fourth-order valence-corrected chi connectivity index (χ4v) is 3.19. The van der Waals surface area contributed by atoms with E-state index in [9.17, 15) is 4.79 Å². The molecule has 1 aromatic heterocycles. The highest BCUT2D eigenvalue weighted by atomic mass is 35.5. The molecule has 1 saturated heterocycles. The van der Waals surface area contributed by atoms with E-state index in [0.29, 0.717) is 22.2 Å². The summed E-state index contributed by atoms with van der Waals surface area (Å²) in [6, 6.07) is 7.47. The standard InChI is InChI=1S/C16H19ClN4O/c1-18-8-11-6-7-21(10-11)16(22)13-9-19-20-15(13)12-4-2-3-5-14(12)17/h2-5,9,11,18H,6-8,10H2,1H3,(H,19,20)/t11-/m0/s1. The van der Waals surface area contributed by atoms with Crippen LogP contribution < -0.4 is 5.32 Å². The van der Waals surface area contributed by atoms with E-state index in [-0.39, 0.29) is 5.91 Å². The van der Waals surface area contributed by atoms with Gasteiger partial charge < -0.3 is 10.2 Å². The second-order valence-corrected chi connectivity index (χ2v) is 6.01. The average Bonchev–Trinajstić information content (AvgIpc) is 3.16. The number of aromatic amines is 1. The number of nitrogens with one attached hydrogen (secondary N) is 2. The minimum atomic E-state index is 0.0160. The van der Waals surface area contributed by atoms with Crippen LogP contribution in [0.4, 0.5) is 0 Å². The average molecular weight is 319 g/mol. The number of carbonyl (C=O) groups excluding carboxylic acids is 1. The Kier molecular flexibility index (Phi) is 4.45. The zero-order chi connectivity index (χ0) is 15.5. The molecule has 0 bridgehead atoms. The number of carbonyl (C=O) groups is 1. The fraction of sp³-hybridized carbons (Fsp3) is 0.375. The van der Waals surface area contributed by atoms with Gasteiger partial charge in [0.1, 0.15) is 0 Å². The molecular weight excluding hydrogens is 300 g/mol. The lowest BCUT2D eigenvalue weighted by molar-refractivity contribution is 0.0788. The Hall–Kier alpha value is -1.85. The van der Waals surface area contributed by atoms with Crippen LogP contribution >= 0.6 is 11.6 Å². The number of rotatable bonds is 4. The van der Waals surface area contributed by atoms with Crippen molar-refractivity contribution in [2.24, 2.45) is 5.92 Å². The highest BCUT2D eigenvalue weighted by Gasteiger charge is 2.29. The van der Waals surface area contributed by atoms with Crippen molar-refractivity contribution in [1.29, 1.82) is 0 Å². The number of nitrogens with zero attached hydrogens (tertiary/aromatic N) is 2. The molecule has 1 fully saturated rings. The predicted octanol–water partition coefficient (Wildman–Crippen LogP) is 2.41. The van der Waals surface area contributed by atoms with Gasteiger partial charge in [-0.25, -0.2) is 0 Å². The van der Waals surface area contributed by atoms with Crippen LogP contribution in [0.25, 0.3) is 11.3 Å². The van der Waals surface area contributed by atoms with E-state index in [4.69, 9.17) is 11.6 Å². The molecule has 5 nitrogen and oxygen atoms in total. The second kappa shape index (κ2) is 6.50. The van der Waals surface area contributed by atoms with Crippen LogP contribution in [-0.4, -0.2) is 47.7 Å². The van der Waals surface area contributed by atoms with E-state index in [1.54, 1.807) is 6.20 Å².